The minimum atomic E-state index is -0.907. The third-order valence-electron chi connectivity index (χ3n) is 16.6. The molecule has 5 aromatic carbocycles. The maximum atomic E-state index is 14.6. The lowest BCUT2D eigenvalue weighted by molar-refractivity contribution is -0.135. The lowest BCUT2D eigenvalue weighted by Crippen LogP contribution is -2.52. The number of hydrogen-bond donors (Lipinski definition) is 3. The van der Waals surface area contributed by atoms with Gasteiger partial charge in [-0.05, 0) is 127 Å². The van der Waals surface area contributed by atoms with Gasteiger partial charge >= 0.3 is 11.8 Å². The third-order valence-corrected chi connectivity index (χ3v) is 16.6. The second-order valence-electron chi connectivity index (χ2n) is 21.9. The summed E-state index contributed by atoms with van der Waals surface area (Å²) in [6, 6.07) is 33.7. The van der Waals surface area contributed by atoms with Crippen LogP contribution in [0, 0.1) is 5.92 Å². The molecular formula is C64H72N6O11. The lowest BCUT2D eigenvalue weighted by atomic mass is 9.89. The fraction of sp³-hybridized carbons (Fsp3) is 0.422. The van der Waals surface area contributed by atoms with E-state index in [1.807, 2.05) is 79.7 Å². The van der Waals surface area contributed by atoms with E-state index in [-0.39, 0.29) is 61.0 Å². The lowest BCUT2D eigenvalue weighted by Gasteiger charge is -2.30. The minimum Gasteiger partial charge on any atom is -0.449 e. The third kappa shape index (κ3) is 12.8. The van der Waals surface area contributed by atoms with Gasteiger partial charge in [-0.1, -0.05) is 103 Å². The SMILES string of the molecule is C[C@@H](OCc1ccc(CCCOCCCOCCCc2cccc3c2n(C)c(=O)n3C2CCC(=O)NC2=O)cc1)[C@H](CCC(N)=O)CC(=O)[C@@H]1Cc2cccc3c2N1C(=O)[C@@H](NC(=O)OCC1c2ccccc2-c2ccccc21)CC3. The standard InChI is InChI=1S/C64H72N6O11/c1-40(80-38-42-24-22-41(23-25-42)12-9-32-78-34-11-35-79-33-10-16-43-14-8-21-53-60(43)68(2)64(77)69(53)54-29-31-58(73)67-61(54)74)45(27-30-57(65)72)37-56(71)55-36-46-15-7-13-44-26-28-52(62(75)70(55)59(44)46)66-63(76)81-39-51-49-19-5-3-17-47(49)48-18-4-6-20-50(48)51/h3-8,13-15,17-25,40,45,51-52,54-55H,9-12,16,26-39H2,1-2H3,(H2,65,72)(H,66,76)(H,67,73,74)/t40-,45-,52+,54?,55+/m1/s1. The van der Waals surface area contributed by atoms with Crippen LogP contribution >= 0.6 is 0 Å². The van der Waals surface area contributed by atoms with Gasteiger partial charge in [-0.25, -0.2) is 9.59 Å². The van der Waals surface area contributed by atoms with Crippen LogP contribution in [-0.4, -0.2) is 95.9 Å². The summed E-state index contributed by atoms with van der Waals surface area (Å²) in [5, 5.41) is 5.23. The van der Waals surface area contributed by atoms with Gasteiger partial charge in [0.15, 0.2) is 5.78 Å². The summed E-state index contributed by atoms with van der Waals surface area (Å²) in [6.07, 6.45) is 5.05. The fourth-order valence-electron chi connectivity index (χ4n) is 12.4. The molecule has 17 nitrogen and oxygen atoms in total. The molecular weight excluding hydrogens is 1030 g/mol. The molecule has 1 aromatic heterocycles. The van der Waals surface area contributed by atoms with E-state index in [0.717, 1.165) is 81.4 Å². The number of ketones is 1. The molecule has 4 N–H and O–H groups in total. The first-order valence-corrected chi connectivity index (χ1v) is 28.6. The first-order valence-electron chi connectivity index (χ1n) is 28.6. The van der Waals surface area contributed by atoms with Gasteiger partial charge in [-0.2, -0.15) is 0 Å². The molecule has 0 spiro atoms. The van der Waals surface area contributed by atoms with Crippen molar-refractivity contribution < 1.29 is 47.7 Å². The van der Waals surface area contributed by atoms with Gasteiger partial charge in [-0.3, -0.25) is 43.3 Å². The molecule has 81 heavy (non-hydrogen) atoms. The van der Waals surface area contributed by atoms with Crippen molar-refractivity contribution in [2.45, 2.75) is 127 Å². The summed E-state index contributed by atoms with van der Waals surface area (Å²) in [6.45, 7) is 4.66. The molecule has 4 heterocycles. The highest BCUT2D eigenvalue weighted by Gasteiger charge is 2.45. The molecule has 1 unspecified atom stereocenters. The van der Waals surface area contributed by atoms with Crippen molar-refractivity contribution in [3.8, 4) is 11.1 Å². The van der Waals surface area contributed by atoms with Crippen molar-refractivity contribution in [1.82, 2.24) is 19.8 Å². The van der Waals surface area contributed by atoms with E-state index in [1.54, 1.807) is 16.5 Å². The predicted octanol–water partition coefficient (Wildman–Crippen LogP) is 7.86. The summed E-state index contributed by atoms with van der Waals surface area (Å²) < 4.78 is 27.2. The van der Waals surface area contributed by atoms with Crippen LogP contribution in [0.5, 0.6) is 0 Å². The summed E-state index contributed by atoms with van der Waals surface area (Å²) in [7, 11) is 1.71. The van der Waals surface area contributed by atoms with Crippen LogP contribution in [0.2, 0.25) is 0 Å². The number of piperidine rings is 1. The number of rotatable bonds is 26. The van der Waals surface area contributed by atoms with Gasteiger partial charge in [0.2, 0.25) is 23.6 Å². The number of nitrogens with one attached hydrogen (secondary N) is 2. The Bertz CT molecular complexity index is 3320. The zero-order valence-electron chi connectivity index (χ0n) is 46.2. The zero-order chi connectivity index (χ0) is 56.6. The van der Waals surface area contributed by atoms with E-state index in [9.17, 15) is 33.6 Å². The molecule has 17 heteroatoms. The van der Waals surface area contributed by atoms with Crippen molar-refractivity contribution in [1.29, 1.82) is 0 Å². The Labute approximate surface area is 471 Å². The van der Waals surface area contributed by atoms with Crippen molar-refractivity contribution in [2.75, 3.05) is 37.9 Å². The van der Waals surface area contributed by atoms with Crippen LogP contribution in [0.3, 0.4) is 0 Å². The number of hydrogen-bond acceptors (Lipinski definition) is 11. The second kappa shape index (κ2) is 25.8. The number of amides is 5. The van der Waals surface area contributed by atoms with E-state index in [4.69, 9.17) is 24.7 Å². The molecule has 424 valence electrons. The number of carbonyl (C=O) groups is 6. The van der Waals surface area contributed by atoms with Crippen molar-refractivity contribution >= 4 is 52.2 Å². The molecule has 1 aliphatic carbocycles. The number of imide groups is 1. The van der Waals surface area contributed by atoms with E-state index in [1.165, 1.54) is 10.1 Å². The molecule has 0 radical (unpaired) electrons. The highest BCUT2D eigenvalue weighted by Crippen LogP contribution is 2.45. The van der Waals surface area contributed by atoms with Gasteiger partial charge in [0.1, 0.15) is 18.7 Å². The number of nitrogens with zero attached hydrogens (tertiary/aromatic N) is 3. The molecule has 5 amide bonds. The highest BCUT2D eigenvalue weighted by molar-refractivity contribution is 6.08. The van der Waals surface area contributed by atoms with Crippen LogP contribution in [-0.2, 0) is 82.3 Å². The number of benzene rings is 5. The number of ether oxygens (including phenoxy) is 4. The van der Waals surface area contributed by atoms with Crippen LogP contribution in [0.1, 0.15) is 116 Å². The second-order valence-corrected chi connectivity index (χ2v) is 21.9. The number of Topliss-reactive ketones (excluding diaryl/α,β-unsaturated/α-hetero) is 1. The number of anilines is 1. The number of carbonyl (C=O) groups excluding carboxylic acids is 6. The van der Waals surface area contributed by atoms with Gasteiger partial charge in [-0.15, -0.1) is 0 Å². The Morgan fingerprint density at radius 1 is 0.753 bits per heavy atom. The molecule has 1 fully saturated rings. The molecule has 4 aliphatic rings. The highest BCUT2D eigenvalue weighted by atomic mass is 16.5. The molecule has 10 rings (SSSR count). The van der Waals surface area contributed by atoms with Crippen LogP contribution in [0.4, 0.5) is 10.5 Å². The summed E-state index contributed by atoms with van der Waals surface area (Å²) >= 11 is 0. The Morgan fingerprint density at radius 2 is 1.42 bits per heavy atom. The predicted molar refractivity (Wildman–Crippen MR) is 305 cm³/mol. The number of aryl methyl sites for hydroxylation is 4. The van der Waals surface area contributed by atoms with Gasteiger partial charge < -0.3 is 30.0 Å². The summed E-state index contributed by atoms with van der Waals surface area (Å²) in [4.78, 5) is 93.9. The maximum absolute atomic E-state index is 14.6. The number of nitrogens with two attached hydrogens (primary N) is 1. The molecule has 0 saturated carbocycles. The monoisotopic (exact) mass is 1100 g/mol. The first-order chi connectivity index (χ1) is 39.3. The fourth-order valence-corrected chi connectivity index (χ4v) is 12.4. The number of fused-ring (bicyclic) bond motifs is 4. The first kappa shape index (κ1) is 56.5. The molecule has 1 saturated heterocycles. The van der Waals surface area contributed by atoms with E-state index < -0.39 is 42.1 Å². The summed E-state index contributed by atoms with van der Waals surface area (Å²) in [5.41, 5.74) is 17.0. The topological polar surface area (TPSA) is 220 Å². The molecule has 3 aliphatic heterocycles. The molecule has 0 bridgehead atoms. The van der Waals surface area contributed by atoms with E-state index in [2.05, 4.69) is 47.0 Å². The molecule has 6 aromatic rings. The average molecular weight is 1100 g/mol. The van der Waals surface area contributed by atoms with E-state index in [0.29, 0.717) is 77.1 Å². The van der Waals surface area contributed by atoms with Crippen molar-refractivity contribution in [2.24, 2.45) is 18.7 Å². The number of imidazole rings is 1. The van der Waals surface area contributed by atoms with Gasteiger partial charge in [0.05, 0.1) is 35.5 Å². The molecule has 5 atom stereocenters. The van der Waals surface area contributed by atoms with Gasteiger partial charge in [0.25, 0.3) is 0 Å². The Hall–Kier alpha value is -7.73. The summed E-state index contributed by atoms with van der Waals surface area (Å²) in [5.74, 6) is -2.21. The number of alkyl carbamates (subject to hydrolysis) is 1. The maximum Gasteiger partial charge on any atom is 0.407 e. The number of para-hydroxylation sites is 2. The largest absolute Gasteiger partial charge is 0.449 e. The zero-order valence-corrected chi connectivity index (χ0v) is 46.2. The van der Waals surface area contributed by atoms with Crippen LogP contribution in [0.15, 0.2) is 114 Å². The smallest absolute Gasteiger partial charge is 0.407 e. The van der Waals surface area contributed by atoms with Crippen LogP contribution < -0.4 is 27.0 Å². The normalized spacial score (nSPS) is 18.2. The van der Waals surface area contributed by atoms with Gasteiger partial charge in [0, 0.05) is 65.1 Å². The van der Waals surface area contributed by atoms with E-state index >= 15 is 0 Å². The minimum absolute atomic E-state index is 0.0706. The van der Waals surface area contributed by atoms with Crippen LogP contribution in [0.25, 0.3) is 22.2 Å². The Kier molecular flexibility index (Phi) is 18.0. The number of primary amides is 1. The number of aromatic nitrogens is 2. The quantitative estimate of drug-likeness (QED) is 0.0351. The van der Waals surface area contributed by atoms with Crippen molar-refractivity contribution in [3.63, 3.8) is 0 Å². The Morgan fingerprint density at radius 3 is 2.14 bits per heavy atom. The van der Waals surface area contributed by atoms with Crippen molar-refractivity contribution in [3.05, 3.63) is 159 Å². The average Bonchev–Trinajstić information content (AvgIpc) is 4.31. The Balaban J connectivity index is 0.648.